The first-order chi connectivity index (χ1) is 14.0. The van der Waals surface area contributed by atoms with Gasteiger partial charge in [-0.1, -0.05) is 12.1 Å². The van der Waals surface area contributed by atoms with Crippen molar-refractivity contribution < 1.29 is 31.1 Å². The van der Waals surface area contributed by atoms with Gasteiger partial charge in [0.05, 0.1) is 17.2 Å². The van der Waals surface area contributed by atoms with Gasteiger partial charge in [-0.3, -0.25) is 9.48 Å². The number of carbonyl (C=O) groups is 1. The molecule has 8 nitrogen and oxygen atoms in total. The molecular formula is C17H15F3N4O4S2. The first-order valence-corrected chi connectivity index (χ1v) is 11.1. The number of sulfone groups is 1. The predicted octanol–water partition coefficient (Wildman–Crippen LogP) is 3.05. The largest absolute Gasteiger partial charge is 0.465 e. The molecule has 0 spiro atoms. The molecule has 160 valence electrons. The van der Waals surface area contributed by atoms with Crippen LogP contribution in [0.2, 0.25) is 0 Å². The molecule has 0 unspecified atom stereocenters. The maximum atomic E-state index is 13.1. The molecule has 30 heavy (non-hydrogen) atoms. The second kappa shape index (κ2) is 8.14. The van der Waals surface area contributed by atoms with E-state index in [1.54, 1.807) is 13.0 Å². The highest BCUT2D eigenvalue weighted by Crippen LogP contribution is 2.33. The topological polar surface area (TPSA) is 104 Å². The van der Waals surface area contributed by atoms with E-state index < -0.39 is 34.2 Å². The van der Waals surface area contributed by atoms with Gasteiger partial charge in [-0.15, -0.1) is 0 Å². The summed E-state index contributed by atoms with van der Waals surface area (Å²) >= 11 is 0.799. The van der Waals surface area contributed by atoms with Crippen molar-refractivity contribution in [3.05, 3.63) is 36.0 Å². The Balaban J connectivity index is 2.02. The molecule has 0 bridgehead atoms. The van der Waals surface area contributed by atoms with E-state index in [1.165, 1.54) is 18.2 Å². The highest BCUT2D eigenvalue weighted by molar-refractivity contribution is 7.90. The number of hydrogen-bond acceptors (Lipinski definition) is 8. The van der Waals surface area contributed by atoms with Gasteiger partial charge in [-0.25, -0.2) is 13.4 Å². The van der Waals surface area contributed by atoms with E-state index >= 15 is 0 Å². The molecule has 0 aliphatic heterocycles. The first kappa shape index (κ1) is 21.9. The second-order valence-electron chi connectivity index (χ2n) is 6.10. The summed E-state index contributed by atoms with van der Waals surface area (Å²) in [6.07, 6.45) is -3.66. The van der Waals surface area contributed by atoms with Crippen molar-refractivity contribution in [3.8, 4) is 22.1 Å². The number of rotatable bonds is 6. The standard InChI is InChI=1S/C17H15F3N4O4S2/c1-3-28-14(25)9-24-12(8-13(22-24)17(18,19)20)16-21-15(23-29-16)10-5-4-6-11(7-10)30(2,26)27/h4-8H,3,9H2,1-2H3. The molecule has 0 aliphatic rings. The van der Waals surface area contributed by atoms with Gasteiger partial charge in [-0.2, -0.15) is 22.6 Å². The fourth-order valence-electron chi connectivity index (χ4n) is 2.49. The average molecular weight is 460 g/mol. The van der Waals surface area contributed by atoms with Crippen LogP contribution in [-0.2, 0) is 32.1 Å². The van der Waals surface area contributed by atoms with Gasteiger partial charge in [0.2, 0.25) is 0 Å². The molecule has 13 heteroatoms. The van der Waals surface area contributed by atoms with Crippen molar-refractivity contribution in [2.75, 3.05) is 12.9 Å². The van der Waals surface area contributed by atoms with Crippen LogP contribution in [0.3, 0.4) is 0 Å². The fraction of sp³-hybridized carbons (Fsp3) is 0.294. The summed E-state index contributed by atoms with van der Waals surface area (Å²) in [5, 5.41) is 3.54. The molecule has 0 amide bonds. The van der Waals surface area contributed by atoms with Crippen molar-refractivity contribution >= 4 is 27.3 Å². The van der Waals surface area contributed by atoms with E-state index in [-0.39, 0.29) is 28.0 Å². The molecule has 0 N–H and O–H groups in total. The average Bonchev–Trinajstić information content (AvgIpc) is 3.28. The van der Waals surface area contributed by atoms with Crippen LogP contribution in [0.4, 0.5) is 13.2 Å². The zero-order valence-corrected chi connectivity index (χ0v) is 17.3. The molecule has 0 aliphatic carbocycles. The van der Waals surface area contributed by atoms with Crippen LogP contribution in [0.25, 0.3) is 22.1 Å². The first-order valence-electron chi connectivity index (χ1n) is 8.44. The van der Waals surface area contributed by atoms with E-state index in [0.717, 1.165) is 28.5 Å². The summed E-state index contributed by atoms with van der Waals surface area (Å²) in [5.41, 5.74) is -0.857. The summed E-state index contributed by atoms with van der Waals surface area (Å²) in [6.45, 7) is 1.11. The Kier molecular flexibility index (Phi) is 5.94. The predicted molar refractivity (Wildman–Crippen MR) is 101 cm³/mol. The van der Waals surface area contributed by atoms with E-state index in [2.05, 4.69) is 14.5 Å². The normalized spacial score (nSPS) is 12.2. The van der Waals surface area contributed by atoms with Crippen molar-refractivity contribution in [1.82, 2.24) is 19.1 Å². The van der Waals surface area contributed by atoms with Gasteiger partial charge < -0.3 is 4.74 Å². The minimum atomic E-state index is -4.72. The Morgan fingerprint density at radius 2 is 2.00 bits per heavy atom. The van der Waals surface area contributed by atoms with Crippen LogP contribution < -0.4 is 0 Å². The van der Waals surface area contributed by atoms with Crippen LogP contribution in [0.1, 0.15) is 12.6 Å². The van der Waals surface area contributed by atoms with Crippen LogP contribution >= 0.6 is 11.5 Å². The smallest absolute Gasteiger partial charge is 0.435 e. The maximum absolute atomic E-state index is 13.1. The molecular weight excluding hydrogens is 445 g/mol. The van der Waals surface area contributed by atoms with Gasteiger partial charge in [0.25, 0.3) is 0 Å². The molecule has 0 atom stereocenters. The number of carbonyl (C=O) groups excluding carboxylic acids is 1. The van der Waals surface area contributed by atoms with E-state index in [9.17, 15) is 26.4 Å². The third kappa shape index (κ3) is 4.84. The quantitative estimate of drug-likeness (QED) is 0.521. The number of nitrogens with zero attached hydrogens (tertiary/aromatic N) is 4. The molecule has 0 radical (unpaired) electrons. The minimum absolute atomic E-state index is 0.0570. The SMILES string of the molecule is CCOC(=O)Cn1nc(C(F)(F)F)cc1-c1nc(-c2cccc(S(C)(=O)=O)c2)ns1. The van der Waals surface area contributed by atoms with E-state index in [0.29, 0.717) is 5.56 Å². The number of esters is 1. The van der Waals surface area contributed by atoms with Gasteiger partial charge in [-0.05, 0) is 36.7 Å². The highest BCUT2D eigenvalue weighted by atomic mass is 32.2. The lowest BCUT2D eigenvalue weighted by atomic mass is 10.2. The van der Waals surface area contributed by atoms with E-state index in [4.69, 9.17) is 4.74 Å². The summed E-state index contributed by atoms with van der Waals surface area (Å²) < 4.78 is 72.6. The number of aromatic nitrogens is 4. The lowest BCUT2D eigenvalue weighted by Crippen LogP contribution is -2.16. The minimum Gasteiger partial charge on any atom is -0.465 e. The Bertz CT molecular complexity index is 1190. The number of ether oxygens (including phenoxy) is 1. The fourth-order valence-corrected chi connectivity index (χ4v) is 3.86. The number of alkyl halides is 3. The van der Waals surface area contributed by atoms with Crippen LogP contribution in [0.5, 0.6) is 0 Å². The highest BCUT2D eigenvalue weighted by Gasteiger charge is 2.36. The van der Waals surface area contributed by atoms with Gasteiger partial charge in [0.1, 0.15) is 6.54 Å². The Morgan fingerprint density at radius 1 is 1.27 bits per heavy atom. The summed E-state index contributed by atoms with van der Waals surface area (Å²) in [7, 11) is -3.46. The number of hydrogen-bond donors (Lipinski definition) is 0. The van der Waals surface area contributed by atoms with Crippen molar-refractivity contribution in [2.45, 2.75) is 24.5 Å². The van der Waals surface area contributed by atoms with Gasteiger partial charge in [0, 0.05) is 11.8 Å². The molecule has 0 fully saturated rings. The zero-order valence-electron chi connectivity index (χ0n) is 15.7. The molecule has 2 aromatic heterocycles. The van der Waals surface area contributed by atoms with Gasteiger partial charge in [0.15, 0.2) is 26.4 Å². The number of halogens is 3. The third-order valence-corrected chi connectivity index (χ3v) is 5.67. The monoisotopic (exact) mass is 460 g/mol. The van der Waals surface area contributed by atoms with Crippen molar-refractivity contribution in [2.24, 2.45) is 0 Å². The second-order valence-corrected chi connectivity index (χ2v) is 8.87. The zero-order chi connectivity index (χ0) is 22.1. The molecule has 2 heterocycles. The van der Waals surface area contributed by atoms with Gasteiger partial charge >= 0.3 is 12.1 Å². The molecule has 0 saturated carbocycles. The summed E-state index contributed by atoms with van der Waals surface area (Å²) in [4.78, 5) is 16.0. The summed E-state index contributed by atoms with van der Waals surface area (Å²) in [5.74, 6) is -0.612. The third-order valence-electron chi connectivity index (χ3n) is 3.82. The molecule has 1 aromatic carbocycles. The van der Waals surface area contributed by atoms with Crippen molar-refractivity contribution in [1.29, 1.82) is 0 Å². The van der Waals surface area contributed by atoms with E-state index in [1.807, 2.05) is 0 Å². The maximum Gasteiger partial charge on any atom is 0.435 e. The number of benzene rings is 1. The summed E-state index contributed by atoms with van der Waals surface area (Å²) in [6, 6.07) is 6.65. The lowest BCUT2D eigenvalue weighted by Gasteiger charge is -2.05. The van der Waals surface area contributed by atoms with Crippen LogP contribution in [-0.4, -0.2) is 46.4 Å². The molecule has 0 saturated heterocycles. The van der Waals surface area contributed by atoms with Crippen LogP contribution in [0, 0.1) is 0 Å². The Morgan fingerprint density at radius 3 is 2.63 bits per heavy atom. The molecule has 3 aromatic rings. The van der Waals surface area contributed by atoms with Crippen molar-refractivity contribution in [3.63, 3.8) is 0 Å². The molecule has 3 rings (SSSR count). The lowest BCUT2D eigenvalue weighted by molar-refractivity contribution is -0.146. The Labute approximate surface area is 173 Å². The van der Waals surface area contributed by atoms with Crippen LogP contribution in [0.15, 0.2) is 35.2 Å². The Hall–Kier alpha value is -2.80.